The maximum absolute atomic E-state index is 11.2. The molecule has 0 bridgehead atoms. The van der Waals surface area contributed by atoms with Crippen LogP contribution in [0.15, 0.2) is 36.4 Å². The standard InChI is InChI=1S/C18H22N2O3/c1-11(21)23-17-10-13(6-8-15(17)20)18(2,3)12-5-7-14(19)16(9-12)22-4/h5-10H,19-20H2,1-4H3. The van der Waals surface area contributed by atoms with Gasteiger partial charge in [0, 0.05) is 12.3 Å². The fraction of sp³-hybridized carbons (Fsp3) is 0.278. The van der Waals surface area contributed by atoms with Crippen LogP contribution >= 0.6 is 0 Å². The minimum Gasteiger partial charge on any atom is -0.495 e. The molecule has 2 rings (SSSR count). The van der Waals surface area contributed by atoms with Gasteiger partial charge in [-0.15, -0.1) is 0 Å². The summed E-state index contributed by atoms with van der Waals surface area (Å²) < 4.78 is 10.5. The lowest BCUT2D eigenvalue weighted by molar-refractivity contribution is -0.131. The molecule has 23 heavy (non-hydrogen) atoms. The zero-order valence-corrected chi connectivity index (χ0v) is 13.8. The maximum Gasteiger partial charge on any atom is 0.308 e. The molecule has 0 spiro atoms. The van der Waals surface area contributed by atoms with Crippen LogP contribution in [0, 0.1) is 0 Å². The first-order chi connectivity index (χ1) is 10.8. The molecular weight excluding hydrogens is 292 g/mol. The zero-order valence-electron chi connectivity index (χ0n) is 13.8. The Kier molecular flexibility index (Phi) is 4.50. The van der Waals surface area contributed by atoms with Crippen LogP contribution in [0.1, 0.15) is 31.9 Å². The van der Waals surface area contributed by atoms with Crippen molar-refractivity contribution >= 4 is 17.3 Å². The quantitative estimate of drug-likeness (QED) is 0.514. The van der Waals surface area contributed by atoms with E-state index in [-0.39, 0.29) is 5.41 Å². The molecule has 0 atom stereocenters. The molecule has 0 saturated carbocycles. The second-order valence-corrected chi connectivity index (χ2v) is 5.93. The van der Waals surface area contributed by atoms with Crippen molar-refractivity contribution in [2.45, 2.75) is 26.2 Å². The van der Waals surface area contributed by atoms with Gasteiger partial charge in [-0.2, -0.15) is 0 Å². The van der Waals surface area contributed by atoms with Crippen LogP contribution in [-0.4, -0.2) is 13.1 Å². The monoisotopic (exact) mass is 314 g/mol. The van der Waals surface area contributed by atoms with Gasteiger partial charge >= 0.3 is 5.97 Å². The van der Waals surface area contributed by atoms with Crippen LogP contribution in [0.25, 0.3) is 0 Å². The third-order valence-electron chi connectivity index (χ3n) is 3.94. The summed E-state index contributed by atoms with van der Waals surface area (Å²) in [6, 6.07) is 11.1. The molecule has 5 heteroatoms. The molecule has 0 radical (unpaired) electrons. The Morgan fingerprint density at radius 3 is 1.91 bits per heavy atom. The SMILES string of the molecule is COc1cc(C(C)(C)c2ccc(N)c(OC(C)=O)c2)ccc1N. The lowest BCUT2D eigenvalue weighted by Gasteiger charge is -2.27. The van der Waals surface area contributed by atoms with Gasteiger partial charge in [-0.25, -0.2) is 0 Å². The molecule has 0 amide bonds. The second-order valence-electron chi connectivity index (χ2n) is 5.93. The summed E-state index contributed by atoms with van der Waals surface area (Å²) in [6.07, 6.45) is 0. The highest BCUT2D eigenvalue weighted by Crippen LogP contribution is 2.37. The second kappa shape index (κ2) is 6.20. The van der Waals surface area contributed by atoms with Gasteiger partial charge in [0.05, 0.1) is 18.5 Å². The molecule has 0 aliphatic carbocycles. The Labute approximate surface area is 136 Å². The topological polar surface area (TPSA) is 87.6 Å². The third-order valence-corrected chi connectivity index (χ3v) is 3.94. The molecule has 0 saturated heterocycles. The van der Waals surface area contributed by atoms with Crippen LogP contribution in [0.4, 0.5) is 11.4 Å². The number of ether oxygens (including phenoxy) is 2. The van der Waals surface area contributed by atoms with Gasteiger partial charge in [0.15, 0.2) is 5.75 Å². The minimum atomic E-state index is -0.402. The summed E-state index contributed by atoms with van der Waals surface area (Å²) in [5.41, 5.74) is 14.4. The van der Waals surface area contributed by atoms with Crippen molar-refractivity contribution in [2.24, 2.45) is 0 Å². The minimum absolute atomic E-state index is 0.344. The Bertz CT molecular complexity index is 739. The van der Waals surface area contributed by atoms with Crippen molar-refractivity contribution in [3.05, 3.63) is 47.5 Å². The highest BCUT2D eigenvalue weighted by molar-refractivity contribution is 5.72. The fourth-order valence-corrected chi connectivity index (χ4v) is 2.43. The largest absolute Gasteiger partial charge is 0.495 e. The Morgan fingerprint density at radius 2 is 1.43 bits per heavy atom. The van der Waals surface area contributed by atoms with E-state index in [9.17, 15) is 4.79 Å². The van der Waals surface area contributed by atoms with Gasteiger partial charge in [-0.3, -0.25) is 4.79 Å². The summed E-state index contributed by atoms with van der Waals surface area (Å²) in [5, 5.41) is 0. The number of esters is 1. The van der Waals surface area contributed by atoms with Crippen LogP contribution in [0.3, 0.4) is 0 Å². The first-order valence-electron chi connectivity index (χ1n) is 7.28. The van der Waals surface area contributed by atoms with Gasteiger partial charge < -0.3 is 20.9 Å². The summed E-state index contributed by atoms with van der Waals surface area (Å²) >= 11 is 0. The van der Waals surface area contributed by atoms with Gasteiger partial charge in [0.1, 0.15) is 5.75 Å². The molecule has 4 N–H and O–H groups in total. The number of nitrogens with two attached hydrogens (primary N) is 2. The van der Waals surface area contributed by atoms with Crippen molar-refractivity contribution in [2.75, 3.05) is 18.6 Å². The molecule has 0 unspecified atom stereocenters. The van der Waals surface area contributed by atoms with E-state index in [2.05, 4.69) is 13.8 Å². The van der Waals surface area contributed by atoms with Crippen molar-refractivity contribution in [1.82, 2.24) is 0 Å². The number of benzene rings is 2. The Hall–Kier alpha value is -2.69. The number of carbonyl (C=O) groups is 1. The molecule has 2 aromatic rings. The number of nitrogen functional groups attached to an aromatic ring is 2. The average molecular weight is 314 g/mol. The number of carbonyl (C=O) groups excluding carboxylic acids is 1. The highest BCUT2D eigenvalue weighted by Gasteiger charge is 2.25. The molecule has 2 aromatic carbocycles. The van der Waals surface area contributed by atoms with E-state index < -0.39 is 5.97 Å². The molecule has 0 heterocycles. The number of rotatable bonds is 4. The van der Waals surface area contributed by atoms with E-state index >= 15 is 0 Å². The highest BCUT2D eigenvalue weighted by atomic mass is 16.5. The normalized spacial score (nSPS) is 11.1. The van der Waals surface area contributed by atoms with Crippen LogP contribution in [0.5, 0.6) is 11.5 Å². The summed E-state index contributed by atoms with van der Waals surface area (Å²) in [7, 11) is 1.59. The Morgan fingerprint density at radius 1 is 0.957 bits per heavy atom. The van der Waals surface area contributed by atoms with E-state index in [1.165, 1.54) is 6.92 Å². The lowest BCUT2D eigenvalue weighted by Crippen LogP contribution is -2.19. The molecule has 0 aromatic heterocycles. The van der Waals surface area contributed by atoms with E-state index in [1.54, 1.807) is 19.2 Å². The van der Waals surface area contributed by atoms with Crippen LogP contribution in [-0.2, 0) is 10.2 Å². The molecule has 0 aliphatic rings. The number of anilines is 2. The third kappa shape index (κ3) is 3.39. The number of hydrogen-bond donors (Lipinski definition) is 2. The van der Waals surface area contributed by atoms with Gasteiger partial charge in [-0.05, 0) is 35.4 Å². The molecule has 5 nitrogen and oxygen atoms in total. The molecule has 122 valence electrons. The Balaban J connectivity index is 2.48. The van der Waals surface area contributed by atoms with Crippen molar-refractivity contribution in [3.8, 4) is 11.5 Å². The predicted octanol–water partition coefficient (Wildman–Crippen LogP) is 3.11. The summed E-state index contributed by atoms with van der Waals surface area (Å²) in [6.45, 7) is 5.49. The molecular formula is C18H22N2O3. The molecule has 0 aliphatic heterocycles. The lowest BCUT2D eigenvalue weighted by atomic mass is 9.78. The van der Waals surface area contributed by atoms with Crippen LogP contribution < -0.4 is 20.9 Å². The molecule has 0 fully saturated rings. The number of hydrogen-bond acceptors (Lipinski definition) is 5. The maximum atomic E-state index is 11.2. The van der Waals surface area contributed by atoms with E-state index in [0.29, 0.717) is 22.9 Å². The van der Waals surface area contributed by atoms with E-state index in [1.807, 2.05) is 24.3 Å². The smallest absolute Gasteiger partial charge is 0.308 e. The summed E-state index contributed by atoms with van der Waals surface area (Å²) in [4.78, 5) is 11.2. The van der Waals surface area contributed by atoms with Crippen molar-refractivity contribution in [3.63, 3.8) is 0 Å². The van der Waals surface area contributed by atoms with Crippen molar-refractivity contribution in [1.29, 1.82) is 0 Å². The summed E-state index contributed by atoms with van der Waals surface area (Å²) in [5.74, 6) is 0.595. The first kappa shape index (κ1) is 16.7. The van der Waals surface area contributed by atoms with Gasteiger partial charge in [-0.1, -0.05) is 26.0 Å². The first-order valence-corrected chi connectivity index (χ1v) is 7.28. The van der Waals surface area contributed by atoms with E-state index in [4.69, 9.17) is 20.9 Å². The van der Waals surface area contributed by atoms with E-state index in [0.717, 1.165) is 11.1 Å². The fourth-order valence-electron chi connectivity index (χ4n) is 2.43. The van der Waals surface area contributed by atoms with Gasteiger partial charge in [0.25, 0.3) is 0 Å². The zero-order chi connectivity index (χ0) is 17.2. The van der Waals surface area contributed by atoms with Crippen LogP contribution in [0.2, 0.25) is 0 Å². The average Bonchev–Trinajstić information content (AvgIpc) is 2.49. The van der Waals surface area contributed by atoms with Gasteiger partial charge in [0.2, 0.25) is 0 Å². The van der Waals surface area contributed by atoms with Crippen molar-refractivity contribution < 1.29 is 14.3 Å². The number of methoxy groups -OCH3 is 1. The predicted molar refractivity (Wildman–Crippen MR) is 91.7 cm³/mol.